The molecule has 0 saturated heterocycles. The fraction of sp³-hybridized carbons (Fsp3) is 0.294. The molecule has 122 valence electrons. The first kappa shape index (κ1) is 17.2. The van der Waals surface area contributed by atoms with Gasteiger partial charge in [0.1, 0.15) is 0 Å². The van der Waals surface area contributed by atoms with Crippen LogP contribution in [0.2, 0.25) is 0 Å². The van der Waals surface area contributed by atoms with Gasteiger partial charge >= 0.3 is 0 Å². The number of nitrogens with one attached hydrogen (secondary N) is 1. The number of nitro benzene ring substituents is 1. The Labute approximate surface area is 141 Å². The van der Waals surface area contributed by atoms with E-state index in [1.54, 1.807) is 12.1 Å². The predicted octanol–water partition coefficient (Wildman–Crippen LogP) is 3.69. The zero-order valence-corrected chi connectivity index (χ0v) is 13.8. The summed E-state index contributed by atoms with van der Waals surface area (Å²) in [6.07, 6.45) is 0. The average Bonchev–Trinajstić information content (AvgIpc) is 2.76. The molecule has 0 radical (unpaired) electrons. The number of fused-ring (bicyclic) bond motifs is 1. The number of benzene rings is 2. The van der Waals surface area contributed by atoms with Crippen LogP contribution in [-0.4, -0.2) is 18.0 Å². The van der Waals surface area contributed by atoms with Gasteiger partial charge in [0, 0.05) is 31.4 Å². The molecule has 0 amide bonds. The van der Waals surface area contributed by atoms with E-state index >= 15 is 0 Å². The molecule has 1 aliphatic heterocycles. The van der Waals surface area contributed by atoms with Gasteiger partial charge in [0.25, 0.3) is 5.69 Å². The smallest absolute Gasteiger partial charge is 0.274 e. The van der Waals surface area contributed by atoms with Crippen molar-refractivity contribution in [2.24, 2.45) is 0 Å². The molecule has 0 aromatic heterocycles. The van der Waals surface area contributed by atoms with Crippen LogP contribution in [0.1, 0.15) is 24.1 Å². The summed E-state index contributed by atoms with van der Waals surface area (Å²) in [5.74, 6) is 0. The molecular formula is C17H20ClN3O2. The van der Waals surface area contributed by atoms with Crippen LogP contribution in [0, 0.1) is 10.1 Å². The molecule has 1 aliphatic rings. The largest absolute Gasteiger partial charge is 0.363 e. The van der Waals surface area contributed by atoms with Crippen molar-refractivity contribution < 1.29 is 4.92 Å². The Kier molecular flexibility index (Phi) is 5.58. The van der Waals surface area contributed by atoms with E-state index in [4.69, 9.17) is 0 Å². The molecule has 1 N–H and O–H groups in total. The monoisotopic (exact) mass is 333 g/mol. The maximum Gasteiger partial charge on any atom is 0.274 e. The minimum atomic E-state index is -0.298. The molecule has 2 aromatic carbocycles. The van der Waals surface area contributed by atoms with Gasteiger partial charge in [-0.3, -0.25) is 10.1 Å². The van der Waals surface area contributed by atoms with Gasteiger partial charge < -0.3 is 10.2 Å². The van der Waals surface area contributed by atoms with E-state index in [9.17, 15) is 10.1 Å². The molecule has 2 aromatic rings. The van der Waals surface area contributed by atoms with Gasteiger partial charge in [-0.15, -0.1) is 12.4 Å². The topological polar surface area (TPSA) is 58.4 Å². The highest BCUT2D eigenvalue weighted by Gasteiger charge is 2.25. The van der Waals surface area contributed by atoms with Crippen molar-refractivity contribution in [3.63, 3.8) is 0 Å². The van der Waals surface area contributed by atoms with Gasteiger partial charge in [-0.2, -0.15) is 0 Å². The first-order chi connectivity index (χ1) is 10.7. The third-order valence-corrected chi connectivity index (χ3v) is 4.20. The number of rotatable bonds is 3. The minimum absolute atomic E-state index is 0. The highest BCUT2D eigenvalue weighted by molar-refractivity contribution is 5.85. The second-order valence-corrected chi connectivity index (χ2v) is 5.49. The van der Waals surface area contributed by atoms with Crippen molar-refractivity contribution in [3.05, 3.63) is 69.8 Å². The molecular weight excluding hydrogens is 314 g/mol. The van der Waals surface area contributed by atoms with Crippen LogP contribution in [0.15, 0.2) is 48.5 Å². The third kappa shape index (κ3) is 3.46. The van der Waals surface area contributed by atoms with Gasteiger partial charge in [-0.05, 0) is 18.6 Å². The molecule has 1 unspecified atom stereocenters. The number of nitrogens with zero attached hydrogens (tertiary/aromatic N) is 2. The Morgan fingerprint density at radius 2 is 1.87 bits per heavy atom. The van der Waals surface area contributed by atoms with Crippen LogP contribution in [0.25, 0.3) is 0 Å². The number of anilines is 1. The lowest BCUT2D eigenvalue weighted by Crippen LogP contribution is -2.31. The normalized spacial score (nSPS) is 15.1. The molecule has 0 spiro atoms. The first-order valence-corrected chi connectivity index (χ1v) is 7.47. The molecule has 1 atom stereocenters. The highest BCUT2D eigenvalue weighted by atomic mass is 35.5. The molecule has 0 saturated carbocycles. The molecule has 0 aliphatic carbocycles. The van der Waals surface area contributed by atoms with Crippen molar-refractivity contribution in [3.8, 4) is 0 Å². The summed E-state index contributed by atoms with van der Waals surface area (Å²) in [5, 5.41) is 14.7. The lowest BCUT2D eigenvalue weighted by Gasteiger charge is -2.31. The van der Waals surface area contributed by atoms with Crippen molar-refractivity contribution in [1.29, 1.82) is 0 Å². The summed E-state index contributed by atoms with van der Waals surface area (Å²) in [5.41, 5.74) is 3.32. The van der Waals surface area contributed by atoms with Crippen molar-refractivity contribution in [1.82, 2.24) is 5.32 Å². The fourth-order valence-corrected chi connectivity index (χ4v) is 3.06. The zero-order valence-electron chi connectivity index (χ0n) is 12.9. The summed E-state index contributed by atoms with van der Waals surface area (Å²) in [6, 6.07) is 15.2. The van der Waals surface area contributed by atoms with E-state index in [1.165, 1.54) is 5.56 Å². The number of hydrogen-bond donors (Lipinski definition) is 1. The van der Waals surface area contributed by atoms with Gasteiger partial charge in [0.2, 0.25) is 0 Å². The van der Waals surface area contributed by atoms with Crippen LogP contribution in [0.4, 0.5) is 11.4 Å². The first-order valence-electron chi connectivity index (χ1n) is 7.47. The number of hydrogen-bond acceptors (Lipinski definition) is 4. The molecule has 0 fully saturated rings. The molecule has 1 heterocycles. The zero-order chi connectivity index (χ0) is 15.5. The molecule has 0 bridgehead atoms. The Morgan fingerprint density at radius 3 is 2.65 bits per heavy atom. The van der Waals surface area contributed by atoms with Crippen molar-refractivity contribution >= 4 is 23.8 Å². The average molecular weight is 334 g/mol. The minimum Gasteiger partial charge on any atom is -0.363 e. The lowest BCUT2D eigenvalue weighted by molar-refractivity contribution is -0.385. The molecule has 5 nitrogen and oxygen atoms in total. The number of nitro groups is 1. The molecule has 3 rings (SSSR count). The Morgan fingerprint density at radius 1 is 1.17 bits per heavy atom. The van der Waals surface area contributed by atoms with Crippen molar-refractivity contribution in [2.45, 2.75) is 19.5 Å². The van der Waals surface area contributed by atoms with Gasteiger partial charge in [0.05, 0.1) is 16.5 Å². The van der Waals surface area contributed by atoms with Crippen LogP contribution in [0.5, 0.6) is 0 Å². The Hall–Kier alpha value is -2.11. The van der Waals surface area contributed by atoms with Gasteiger partial charge in [-0.1, -0.05) is 36.4 Å². The van der Waals surface area contributed by atoms with E-state index < -0.39 is 0 Å². The fourth-order valence-electron chi connectivity index (χ4n) is 3.06. The maximum absolute atomic E-state index is 11.3. The van der Waals surface area contributed by atoms with E-state index in [0.717, 1.165) is 30.9 Å². The standard InChI is InChI=1S/C17H19N3O2.ClH/c1-13(15-7-3-5-9-17(15)20(21)22)19-11-10-18-12-14-6-2-4-8-16(14)19;/h2-9,13,18H,10-12H2,1H3;1H. The summed E-state index contributed by atoms with van der Waals surface area (Å²) < 4.78 is 0. The van der Waals surface area contributed by atoms with Crippen LogP contribution >= 0.6 is 12.4 Å². The summed E-state index contributed by atoms with van der Waals surface area (Å²) in [7, 11) is 0. The quantitative estimate of drug-likeness (QED) is 0.687. The van der Waals surface area contributed by atoms with Crippen molar-refractivity contribution in [2.75, 3.05) is 18.0 Å². The SMILES string of the molecule is CC(c1ccccc1[N+](=O)[O-])N1CCNCc2ccccc21.Cl. The van der Waals surface area contributed by atoms with Crippen LogP contribution in [-0.2, 0) is 6.54 Å². The Balaban J connectivity index is 0.00000192. The summed E-state index contributed by atoms with van der Waals surface area (Å²) in [6.45, 7) is 4.55. The highest BCUT2D eigenvalue weighted by Crippen LogP contribution is 2.34. The van der Waals surface area contributed by atoms with Gasteiger partial charge in [-0.25, -0.2) is 0 Å². The molecule has 23 heavy (non-hydrogen) atoms. The van der Waals surface area contributed by atoms with Crippen LogP contribution in [0.3, 0.4) is 0 Å². The number of halogens is 1. The van der Waals surface area contributed by atoms with E-state index in [1.807, 2.05) is 31.2 Å². The van der Waals surface area contributed by atoms with Crippen LogP contribution < -0.4 is 10.2 Å². The van der Waals surface area contributed by atoms with Gasteiger partial charge in [0.15, 0.2) is 0 Å². The third-order valence-electron chi connectivity index (χ3n) is 4.20. The predicted molar refractivity (Wildman–Crippen MR) is 94.3 cm³/mol. The summed E-state index contributed by atoms with van der Waals surface area (Å²) >= 11 is 0. The lowest BCUT2D eigenvalue weighted by atomic mass is 10.0. The van der Waals surface area contributed by atoms with E-state index in [-0.39, 0.29) is 29.1 Å². The molecule has 6 heteroatoms. The Bertz CT molecular complexity index is 693. The maximum atomic E-state index is 11.3. The van der Waals surface area contributed by atoms with E-state index in [0.29, 0.717) is 0 Å². The second kappa shape index (κ2) is 7.44. The van der Waals surface area contributed by atoms with E-state index in [2.05, 4.69) is 22.3 Å². The second-order valence-electron chi connectivity index (χ2n) is 5.49. The summed E-state index contributed by atoms with van der Waals surface area (Å²) in [4.78, 5) is 13.2. The number of para-hydroxylation sites is 2.